The van der Waals surface area contributed by atoms with Crippen LogP contribution in [-0.4, -0.2) is 12.5 Å². The smallest absolute Gasteiger partial charge is 0.218 e. The molecule has 21 heavy (non-hydrogen) atoms. The van der Waals surface area contributed by atoms with Crippen LogP contribution in [0.2, 0.25) is 5.02 Å². The molecule has 3 nitrogen and oxygen atoms in total. The summed E-state index contributed by atoms with van der Waals surface area (Å²) < 4.78 is 0. The van der Waals surface area contributed by atoms with Crippen molar-refractivity contribution in [3.8, 4) is 11.1 Å². The summed E-state index contributed by atoms with van der Waals surface area (Å²) in [7, 11) is 0. The molecule has 0 fully saturated rings. The number of amides is 1. The van der Waals surface area contributed by atoms with Crippen LogP contribution >= 0.6 is 24.0 Å². The molecule has 5 heteroatoms. The van der Waals surface area contributed by atoms with Crippen molar-refractivity contribution in [3.05, 3.63) is 59.1 Å². The zero-order valence-corrected chi connectivity index (χ0v) is 13.1. The van der Waals surface area contributed by atoms with E-state index in [0.717, 1.165) is 21.7 Å². The fourth-order valence-electron chi connectivity index (χ4n) is 1.96. The minimum atomic E-state index is -0.296. The third-order valence-corrected chi connectivity index (χ3v) is 3.31. The van der Waals surface area contributed by atoms with Gasteiger partial charge in [-0.05, 0) is 17.2 Å². The maximum absolute atomic E-state index is 10.6. The molecule has 0 radical (unpaired) electrons. The largest absolute Gasteiger partial charge is 0.370 e. The van der Waals surface area contributed by atoms with Crippen molar-refractivity contribution < 1.29 is 4.79 Å². The average molecular weight is 325 g/mol. The summed E-state index contributed by atoms with van der Waals surface area (Å²) in [6.07, 6.45) is 0.343. The molecule has 0 aliphatic carbocycles. The Morgan fingerprint density at radius 1 is 1.14 bits per heavy atom. The summed E-state index contributed by atoms with van der Waals surface area (Å²) in [6, 6.07) is 16.0. The van der Waals surface area contributed by atoms with Crippen LogP contribution in [-0.2, 0) is 11.3 Å². The molecule has 2 aromatic carbocycles. The highest BCUT2D eigenvalue weighted by Gasteiger charge is 2.04. The number of rotatable bonds is 6. The Morgan fingerprint density at radius 3 is 2.48 bits per heavy atom. The van der Waals surface area contributed by atoms with Gasteiger partial charge >= 0.3 is 0 Å². The monoisotopic (exact) mass is 324 g/mol. The summed E-state index contributed by atoms with van der Waals surface area (Å²) in [6.45, 7) is 1.25. The topological polar surface area (TPSA) is 55.1 Å². The lowest BCUT2D eigenvalue weighted by atomic mass is 10.0. The molecule has 0 heterocycles. The summed E-state index contributed by atoms with van der Waals surface area (Å²) in [5.41, 5.74) is 8.29. The second-order valence-electron chi connectivity index (χ2n) is 4.57. The lowest BCUT2D eigenvalue weighted by Crippen LogP contribution is -2.21. The molecule has 0 aliphatic rings. The molecule has 3 N–H and O–H groups in total. The Hall–Kier alpha value is -1.55. The quantitative estimate of drug-likeness (QED) is 0.800. The fourth-order valence-corrected chi connectivity index (χ4v) is 2.28. The molecule has 112 valence electrons. The average Bonchev–Trinajstić information content (AvgIpc) is 2.44. The SMILES string of the molecule is Cl.NC(=O)CCNCc1ccc(-c2ccccc2)c(Cl)c1. The zero-order valence-electron chi connectivity index (χ0n) is 11.5. The highest BCUT2D eigenvalue weighted by molar-refractivity contribution is 6.33. The Bertz CT molecular complexity index is 588. The standard InChI is InChI=1S/C16H17ClN2O.ClH/c17-15-10-12(11-19-9-8-16(18)20)6-7-14(15)13-4-2-1-3-5-13;/h1-7,10,19H,8-9,11H2,(H2,18,20);1H. The Balaban J connectivity index is 0.00000220. The van der Waals surface area contributed by atoms with E-state index in [0.29, 0.717) is 19.5 Å². The van der Waals surface area contributed by atoms with Gasteiger partial charge in [-0.1, -0.05) is 54.1 Å². The minimum Gasteiger partial charge on any atom is -0.370 e. The van der Waals surface area contributed by atoms with Gasteiger partial charge in [-0.2, -0.15) is 0 Å². The van der Waals surface area contributed by atoms with Gasteiger partial charge in [-0.15, -0.1) is 12.4 Å². The van der Waals surface area contributed by atoms with Gasteiger partial charge in [-0.25, -0.2) is 0 Å². The van der Waals surface area contributed by atoms with E-state index in [1.54, 1.807) is 0 Å². The molecule has 0 saturated heterocycles. The minimum absolute atomic E-state index is 0. The van der Waals surface area contributed by atoms with Crippen molar-refractivity contribution in [2.24, 2.45) is 5.73 Å². The Morgan fingerprint density at radius 2 is 1.86 bits per heavy atom. The van der Waals surface area contributed by atoms with E-state index in [1.165, 1.54) is 0 Å². The molecule has 2 rings (SSSR count). The van der Waals surface area contributed by atoms with Crippen molar-refractivity contribution in [2.75, 3.05) is 6.54 Å². The molecule has 1 amide bonds. The second kappa shape index (κ2) is 8.67. The zero-order chi connectivity index (χ0) is 14.4. The highest BCUT2D eigenvalue weighted by Crippen LogP contribution is 2.28. The number of hydrogen-bond acceptors (Lipinski definition) is 2. The predicted octanol–water partition coefficient (Wildman–Crippen LogP) is 3.39. The van der Waals surface area contributed by atoms with Crippen molar-refractivity contribution in [1.82, 2.24) is 5.32 Å². The first-order valence-corrected chi connectivity index (χ1v) is 6.87. The summed E-state index contributed by atoms with van der Waals surface area (Å²) in [5.74, 6) is -0.296. The molecule has 0 spiro atoms. The highest BCUT2D eigenvalue weighted by atomic mass is 35.5. The molecule has 0 aliphatic heterocycles. The van der Waals surface area contributed by atoms with Crippen LogP contribution in [0, 0.1) is 0 Å². The third kappa shape index (κ3) is 5.38. The van der Waals surface area contributed by atoms with Gasteiger partial charge < -0.3 is 11.1 Å². The normalized spacial score (nSPS) is 9.95. The number of nitrogens with two attached hydrogens (primary N) is 1. The van der Waals surface area contributed by atoms with E-state index in [1.807, 2.05) is 48.5 Å². The Labute approximate surface area is 135 Å². The summed E-state index contributed by atoms with van der Waals surface area (Å²) in [4.78, 5) is 10.6. The van der Waals surface area contributed by atoms with Crippen LogP contribution in [0.3, 0.4) is 0 Å². The number of carbonyl (C=O) groups is 1. The lowest BCUT2D eigenvalue weighted by molar-refractivity contribution is -0.117. The second-order valence-corrected chi connectivity index (χ2v) is 4.98. The number of carbonyl (C=O) groups excluding carboxylic acids is 1. The summed E-state index contributed by atoms with van der Waals surface area (Å²) >= 11 is 6.33. The molecule has 2 aromatic rings. The number of nitrogens with one attached hydrogen (secondary N) is 1. The van der Waals surface area contributed by atoms with Crippen molar-refractivity contribution >= 4 is 29.9 Å². The Kier molecular flexibility index (Phi) is 7.23. The number of benzene rings is 2. The van der Waals surface area contributed by atoms with E-state index in [9.17, 15) is 4.79 Å². The number of primary amides is 1. The molecule has 0 aromatic heterocycles. The van der Waals surface area contributed by atoms with E-state index >= 15 is 0 Å². The van der Waals surface area contributed by atoms with Gasteiger partial charge in [0.05, 0.1) is 0 Å². The van der Waals surface area contributed by atoms with Crippen LogP contribution in [0.1, 0.15) is 12.0 Å². The van der Waals surface area contributed by atoms with Crippen LogP contribution in [0.25, 0.3) is 11.1 Å². The first kappa shape index (κ1) is 17.5. The fraction of sp³-hybridized carbons (Fsp3) is 0.188. The molecule has 0 saturated carbocycles. The van der Waals surface area contributed by atoms with Gasteiger partial charge in [0, 0.05) is 30.1 Å². The van der Waals surface area contributed by atoms with E-state index < -0.39 is 0 Å². The van der Waals surface area contributed by atoms with Crippen LogP contribution < -0.4 is 11.1 Å². The van der Waals surface area contributed by atoms with Crippen LogP contribution in [0.4, 0.5) is 0 Å². The molecule has 0 atom stereocenters. The van der Waals surface area contributed by atoms with E-state index in [2.05, 4.69) is 5.32 Å². The maximum atomic E-state index is 10.6. The van der Waals surface area contributed by atoms with Crippen molar-refractivity contribution in [2.45, 2.75) is 13.0 Å². The van der Waals surface area contributed by atoms with E-state index in [-0.39, 0.29) is 18.3 Å². The van der Waals surface area contributed by atoms with Gasteiger partial charge in [0.25, 0.3) is 0 Å². The molecular formula is C16H18Cl2N2O. The van der Waals surface area contributed by atoms with E-state index in [4.69, 9.17) is 17.3 Å². The molecule has 0 unspecified atom stereocenters. The molecular weight excluding hydrogens is 307 g/mol. The maximum Gasteiger partial charge on any atom is 0.218 e. The van der Waals surface area contributed by atoms with Crippen LogP contribution in [0.5, 0.6) is 0 Å². The van der Waals surface area contributed by atoms with Gasteiger partial charge in [0.15, 0.2) is 0 Å². The first-order valence-electron chi connectivity index (χ1n) is 6.49. The number of hydrogen-bond donors (Lipinski definition) is 2. The van der Waals surface area contributed by atoms with Gasteiger partial charge in [0.2, 0.25) is 5.91 Å². The predicted molar refractivity (Wildman–Crippen MR) is 89.7 cm³/mol. The lowest BCUT2D eigenvalue weighted by Gasteiger charge is -2.08. The van der Waals surface area contributed by atoms with Crippen molar-refractivity contribution in [3.63, 3.8) is 0 Å². The number of halogens is 2. The first-order chi connectivity index (χ1) is 9.66. The van der Waals surface area contributed by atoms with Gasteiger partial charge in [-0.3, -0.25) is 4.79 Å². The third-order valence-electron chi connectivity index (χ3n) is 3.00. The molecule has 0 bridgehead atoms. The van der Waals surface area contributed by atoms with Crippen LogP contribution in [0.15, 0.2) is 48.5 Å². The summed E-state index contributed by atoms with van der Waals surface area (Å²) in [5, 5.41) is 3.89. The van der Waals surface area contributed by atoms with Crippen molar-refractivity contribution in [1.29, 1.82) is 0 Å². The van der Waals surface area contributed by atoms with Gasteiger partial charge in [0.1, 0.15) is 0 Å².